The molecule has 0 aliphatic carbocycles. The van der Waals surface area contributed by atoms with Crippen LogP contribution in [0.1, 0.15) is 17.0 Å². The van der Waals surface area contributed by atoms with Crippen LogP contribution < -0.4 is 10.3 Å². The summed E-state index contributed by atoms with van der Waals surface area (Å²) in [5.74, 6) is 0.741. The van der Waals surface area contributed by atoms with Gasteiger partial charge in [0.15, 0.2) is 12.4 Å². The van der Waals surface area contributed by atoms with Crippen molar-refractivity contribution in [1.29, 1.82) is 0 Å². The number of fused-ring (bicyclic) bond motifs is 4. The predicted molar refractivity (Wildman–Crippen MR) is 114 cm³/mol. The van der Waals surface area contributed by atoms with E-state index in [0.29, 0.717) is 33.9 Å². The van der Waals surface area contributed by atoms with E-state index >= 15 is 0 Å². The number of aryl methyl sites for hydroxylation is 2. The average Bonchev–Trinajstić information content (AvgIpc) is 3.19. The fraction of sp³-hybridized carbons (Fsp3) is 0.273. The summed E-state index contributed by atoms with van der Waals surface area (Å²) in [5.41, 5.74) is 2.37. The van der Waals surface area contributed by atoms with Gasteiger partial charge in [-0.05, 0) is 49.2 Å². The van der Waals surface area contributed by atoms with E-state index in [9.17, 15) is 9.59 Å². The van der Waals surface area contributed by atoms with E-state index in [1.807, 2.05) is 25.1 Å². The Bertz CT molecular complexity index is 1410. The Kier molecular flexibility index (Phi) is 4.66. The van der Waals surface area contributed by atoms with Crippen molar-refractivity contribution in [2.45, 2.75) is 20.0 Å². The normalized spacial score (nSPS) is 15.6. The van der Waals surface area contributed by atoms with Crippen molar-refractivity contribution in [3.63, 3.8) is 0 Å². The van der Waals surface area contributed by atoms with Gasteiger partial charge in [0.1, 0.15) is 12.4 Å². The van der Waals surface area contributed by atoms with Crippen LogP contribution in [-0.2, 0) is 29.6 Å². The molecular formula is C22H19ClN4O4. The van der Waals surface area contributed by atoms with E-state index in [1.54, 1.807) is 29.6 Å². The molecule has 158 valence electrons. The molecule has 0 bridgehead atoms. The molecule has 1 aliphatic rings. The number of rotatable bonds is 3. The molecule has 9 heteroatoms. The monoisotopic (exact) mass is 438 g/mol. The molecular weight excluding hydrogens is 420 g/mol. The molecule has 4 aromatic rings. The van der Waals surface area contributed by atoms with Gasteiger partial charge < -0.3 is 9.47 Å². The third-order valence-electron chi connectivity index (χ3n) is 5.55. The molecule has 0 fully saturated rings. The van der Waals surface area contributed by atoms with Gasteiger partial charge in [-0.3, -0.25) is 18.6 Å². The first-order chi connectivity index (χ1) is 14.9. The second-order valence-corrected chi connectivity index (χ2v) is 8.14. The van der Waals surface area contributed by atoms with Crippen LogP contribution in [-0.4, -0.2) is 31.7 Å². The smallest absolute Gasteiger partial charge is 0.313 e. The fourth-order valence-electron chi connectivity index (χ4n) is 3.92. The van der Waals surface area contributed by atoms with Crippen LogP contribution in [0.3, 0.4) is 0 Å². The van der Waals surface area contributed by atoms with Crippen LogP contribution in [0.2, 0.25) is 5.02 Å². The molecule has 1 aliphatic heterocycles. The van der Waals surface area contributed by atoms with Crippen molar-refractivity contribution in [3.8, 4) is 5.75 Å². The van der Waals surface area contributed by atoms with E-state index in [-0.39, 0.29) is 24.7 Å². The minimum absolute atomic E-state index is 0.0694. The van der Waals surface area contributed by atoms with Gasteiger partial charge in [-0.15, -0.1) is 10.2 Å². The number of hydrogen-bond acceptors (Lipinski definition) is 6. The molecule has 0 radical (unpaired) electrons. The molecule has 3 heterocycles. The molecule has 5 rings (SSSR count). The lowest BCUT2D eigenvalue weighted by atomic mass is 9.97. The minimum Gasteiger partial charge on any atom is -0.492 e. The number of carbonyl (C=O) groups is 1. The average molecular weight is 439 g/mol. The number of esters is 1. The minimum atomic E-state index is -0.436. The molecule has 0 spiro atoms. The van der Waals surface area contributed by atoms with Crippen molar-refractivity contribution in [2.24, 2.45) is 13.0 Å². The molecule has 0 amide bonds. The van der Waals surface area contributed by atoms with Crippen molar-refractivity contribution in [2.75, 3.05) is 6.61 Å². The lowest BCUT2D eigenvalue weighted by Gasteiger charge is -2.24. The third-order valence-corrected chi connectivity index (χ3v) is 5.78. The zero-order valence-electron chi connectivity index (χ0n) is 17.0. The van der Waals surface area contributed by atoms with Crippen molar-refractivity contribution in [1.82, 2.24) is 19.2 Å². The number of benzene rings is 2. The quantitative estimate of drug-likeness (QED) is 0.457. The van der Waals surface area contributed by atoms with E-state index in [1.165, 1.54) is 4.57 Å². The topological polar surface area (TPSA) is 87.7 Å². The van der Waals surface area contributed by atoms with E-state index in [0.717, 1.165) is 16.9 Å². The van der Waals surface area contributed by atoms with Crippen LogP contribution in [0, 0.1) is 12.8 Å². The maximum atomic E-state index is 12.7. The Morgan fingerprint density at radius 3 is 2.94 bits per heavy atom. The van der Waals surface area contributed by atoms with Gasteiger partial charge in [0.2, 0.25) is 5.78 Å². The molecule has 0 N–H and O–H groups in total. The number of hydrogen-bond donors (Lipinski definition) is 0. The first kappa shape index (κ1) is 19.6. The third kappa shape index (κ3) is 3.33. The van der Waals surface area contributed by atoms with Gasteiger partial charge in [0.25, 0.3) is 5.56 Å². The number of halogens is 1. The van der Waals surface area contributed by atoms with Crippen molar-refractivity contribution < 1.29 is 14.3 Å². The summed E-state index contributed by atoms with van der Waals surface area (Å²) in [6.45, 7) is 2.10. The maximum Gasteiger partial charge on any atom is 0.313 e. The summed E-state index contributed by atoms with van der Waals surface area (Å²) in [5, 5.41) is 9.44. The molecule has 1 atom stereocenters. The molecule has 2 aromatic carbocycles. The van der Waals surface area contributed by atoms with Crippen LogP contribution >= 0.6 is 11.6 Å². The molecule has 2 aromatic heterocycles. The second kappa shape index (κ2) is 7.39. The lowest BCUT2D eigenvalue weighted by molar-refractivity contribution is -0.151. The van der Waals surface area contributed by atoms with Crippen LogP contribution in [0.15, 0.2) is 41.2 Å². The van der Waals surface area contributed by atoms with Gasteiger partial charge in [-0.2, -0.15) is 0 Å². The summed E-state index contributed by atoms with van der Waals surface area (Å²) < 4.78 is 14.4. The zero-order chi connectivity index (χ0) is 21.7. The standard InChI is InChI=1S/C22H19ClN4O4/c1-12-3-5-17-16(7-12)20(28)26(2)22-25-24-19(27(17)22)11-31-21(29)14-8-13-9-15(23)4-6-18(13)30-10-14/h3-7,9,14H,8,10-11H2,1-2H3. The van der Waals surface area contributed by atoms with Gasteiger partial charge in [0.05, 0.1) is 16.8 Å². The van der Waals surface area contributed by atoms with Gasteiger partial charge in [-0.1, -0.05) is 23.2 Å². The highest BCUT2D eigenvalue weighted by molar-refractivity contribution is 6.30. The van der Waals surface area contributed by atoms with Gasteiger partial charge in [0, 0.05) is 12.1 Å². The largest absolute Gasteiger partial charge is 0.492 e. The van der Waals surface area contributed by atoms with Gasteiger partial charge in [-0.25, -0.2) is 0 Å². The van der Waals surface area contributed by atoms with E-state index in [2.05, 4.69) is 10.2 Å². The highest BCUT2D eigenvalue weighted by atomic mass is 35.5. The Morgan fingerprint density at radius 1 is 1.26 bits per heavy atom. The molecule has 31 heavy (non-hydrogen) atoms. The fourth-order valence-corrected chi connectivity index (χ4v) is 4.11. The summed E-state index contributed by atoms with van der Waals surface area (Å²) in [7, 11) is 1.64. The molecule has 1 unspecified atom stereocenters. The summed E-state index contributed by atoms with van der Waals surface area (Å²) in [4.78, 5) is 25.4. The van der Waals surface area contributed by atoms with Crippen molar-refractivity contribution in [3.05, 3.63) is 68.7 Å². The molecule has 0 saturated carbocycles. The lowest BCUT2D eigenvalue weighted by Crippen LogP contribution is -2.30. The summed E-state index contributed by atoms with van der Waals surface area (Å²) in [6.07, 6.45) is 0.492. The Labute approximate surface area is 182 Å². The maximum absolute atomic E-state index is 12.7. The van der Waals surface area contributed by atoms with E-state index < -0.39 is 5.92 Å². The first-order valence-corrected chi connectivity index (χ1v) is 10.2. The SMILES string of the molecule is Cc1ccc2c(c1)c(=O)n(C)c1nnc(COC(=O)C3COc4ccc(Cl)cc4C3)n21. The number of ether oxygens (including phenoxy) is 2. The number of nitrogens with zero attached hydrogens (tertiary/aromatic N) is 4. The Hall–Kier alpha value is -3.39. The zero-order valence-corrected chi connectivity index (χ0v) is 17.7. The van der Waals surface area contributed by atoms with Crippen molar-refractivity contribution >= 4 is 34.3 Å². The second-order valence-electron chi connectivity index (χ2n) is 7.71. The summed E-state index contributed by atoms with van der Waals surface area (Å²) in [6, 6.07) is 11.0. The first-order valence-electron chi connectivity index (χ1n) is 9.83. The van der Waals surface area contributed by atoms with Crippen LogP contribution in [0.4, 0.5) is 0 Å². The Balaban J connectivity index is 1.42. The van der Waals surface area contributed by atoms with E-state index in [4.69, 9.17) is 21.1 Å². The van der Waals surface area contributed by atoms with Crippen LogP contribution in [0.5, 0.6) is 5.75 Å². The van der Waals surface area contributed by atoms with Crippen LogP contribution in [0.25, 0.3) is 16.7 Å². The Morgan fingerprint density at radius 2 is 2.10 bits per heavy atom. The number of aromatic nitrogens is 4. The molecule has 0 saturated heterocycles. The highest BCUT2D eigenvalue weighted by Crippen LogP contribution is 2.30. The molecule has 8 nitrogen and oxygen atoms in total. The number of carbonyl (C=O) groups excluding carboxylic acids is 1. The van der Waals surface area contributed by atoms with Gasteiger partial charge >= 0.3 is 5.97 Å². The predicted octanol–water partition coefficient (Wildman–Crippen LogP) is 2.84. The summed E-state index contributed by atoms with van der Waals surface area (Å²) >= 11 is 6.06. The highest BCUT2D eigenvalue weighted by Gasteiger charge is 2.28.